The number of carbonyl (C=O) groups excluding carboxylic acids is 1. The molecule has 2 nitrogen and oxygen atoms in total. The van der Waals surface area contributed by atoms with Gasteiger partial charge in [0.1, 0.15) is 0 Å². The highest BCUT2D eigenvalue weighted by molar-refractivity contribution is 5.94. The summed E-state index contributed by atoms with van der Waals surface area (Å²) in [5.41, 5.74) is 3.39. The molecule has 1 amide bonds. The Morgan fingerprint density at radius 2 is 1.72 bits per heavy atom. The van der Waals surface area contributed by atoms with Gasteiger partial charge in [-0.3, -0.25) is 4.79 Å². The number of nitrogens with zero attached hydrogens (tertiary/aromatic N) is 1. The molecule has 1 unspecified atom stereocenters. The van der Waals surface area contributed by atoms with Crippen LogP contribution in [-0.4, -0.2) is 17.9 Å². The highest BCUT2D eigenvalue weighted by Crippen LogP contribution is 2.37. The van der Waals surface area contributed by atoms with Gasteiger partial charge in [-0.2, -0.15) is 0 Å². The molecule has 2 aromatic carbocycles. The molecule has 1 atom stereocenters. The lowest BCUT2D eigenvalue weighted by atomic mass is 9.82. The SMILES string of the molecule is CN(C(=O)c1ccccc1)C1Cc2ccccc21. The average molecular weight is 237 g/mol. The van der Waals surface area contributed by atoms with Gasteiger partial charge in [0.25, 0.3) is 5.91 Å². The first-order valence-corrected chi connectivity index (χ1v) is 6.17. The molecule has 0 aromatic heterocycles. The zero-order valence-electron chi connectivity index (χ0n) is 10.3. The van der Waals surface area contributed by atoms with Crippen LogP contribution in [0.25, 0.3) is 0 Å². The summed E-state index contributed by atoms with van der Waals surface area (Å²) in [5, 5.41) is 0. The van der Waals surface area contributed by atoms with Gasteiger partial charge in [0.05, 0.1) is 6.04 Å². The molecule has 0 heterocycles. The van der Waals surface area contributed by atoms with Gasteiger partial charge in [0, 0.05) is 12.6 Å². The van der Waals surface area contributed by atoms with E-state index in [1.54, 1.807) is 0 Å². The van der Waals surface area contributed by atoms with E-state index in [-0.39, 0.29) is 11.9 Å². The Kier molecular flexibility index (Phi) is 2.63. The van der Waals surface area contributed by atoms with Crippen LogP contribution in [0.2, 0.25) is 0 Å². The van der Waals surface area contributed by atoms with Crippen LogP contribution >= 0.6 is 0 Å². The second-order valence-corrected chi connectivity index (χ2v) is 4.70. The summed E-state index contributed by atoms with van der Waals surface area (Å²) in [6.45, 7) is 0. The standard InChI is InChI=1S/C16H15NO/c1-17(16(18)12-7-3-2-4-8-12)15-11-13-9-5-6-10-14(13)15/h2-10,15H,11H2,1H3. The topological polar surface area (TPSA) is 20.3 Å². The first-order valence-electron chi connectivity index (χ1n) is 6.17. The molecule has 0 aliphatic heterocycles. The molecule has 90 valence electrons. The molecule has 0 spiro atoms. The van der Waals surface area contributed by atoms with Crippen molar-refractivity contribution in [2.75, 3.05) is 7.05 Å². The van der Waals surface area contributed by atoms with E-state index in [0.29, 0.717) is 0 Å². The van der Waals surface area contributed by atoms with Crippen molar-refractivity contribution in [3.05, 3.63) is 71.3 Å². The summed E-state index contributed by atoms with van der Waals surface area (Å²) >= 11 is 0. The molecule has 2 aromatic rings. The van der Waals surface area contributed by atoms with Gasteiger partial charge in [-0.25, -0.2) is 0 Å². The van der Waals surface area contributed by atoms with Crippen LogP contribution in [0.5, 0.6) is 0 Å². The normalized spacial score (nSPS) is 16.6. The molecular weight excluding hydrogens is 222 g/mol. The van der Waals surface area contributed by atoms with E-state index in [1.807, 2.05) is 54.4 Å². The summed E-state index contributed by atoms with van der Waals surface area (Å²) in [7, 11) is 1.88. The summed E-state index contributed by atoms with van der Waals surface area (Å²) in [6.07, 6.45) is 0.964. The maximum atomic E-state index is 12.3. The maximum Gasteiger partial charge on any atom is 0.254 e. The van der Waals surface area contributed by atoms with Crippen LogP contribution in [0.15, 0.2) is 54.6 Å². The predicted molar refractivity (Wildman–Crippen MR) is 71.4 cm³/mol. The number of carbonyl (C=O) groups is 1. The minimum absolute atomic E-state index is 0.0927. The summed E-state index contributed by atoms with van der Waals surface area (Å²) in [4.78, 5) is 14.2. The van der Waals surface area contributed by atoms with E-state index in [1.165, 1.54) is 11.1 Å². The number of amides is 1. The average Bonchev–Trinajstić information content (AvgIpc) is 2.40. The summed E-state index contributed by atoms with van der Waals surface area (Å²) in [5.74, 6) is 0.0927. The third-order valence-electron chi connectivity index (χ3n) is 3.64. The lowest BCUT2D eigenvalue weighted by molar-refractivity contribution is 0.0711. The molecule has 0 fully saturated rings. The zero-order valence-corrected chi connectivity index (χ0v) is 10.3. The van der Waals surface area contributed by atoms with Crippen molar-refractivity contribution in [2.45, 2.75) is 12.5 Å². The third-order valence-corrected chi connectivity index (χ3v) is 3.64. The number of hydrogen-bond acceptors (Lipinski definition) is 1. The first-order chi connectivity index (χ1) is 8.77. The Balaban J connectivity index is 1.82. The number of hydrogen-bond donors (Lipinski definition) is 0. The van der Waals surface area contributed by atoms with E-state index in [4.69, 9.17) is 0 Å². The first kappa shape index (κ1) is 11.0. The van der Waals surface area contributed by atoms with Gasteiger partial charge in [0.2, 0.25) is 0 Å². The molecule has 0 saturated carbocycles. The fourth-order valence-corrected chi connectivity index (χ4v) is 2.50. The molecular formula is C16H15NO. The lowest BCUT2D eigenvalue weighted by Gasteiger charge is -2.37. The second kappa shape index (κ2) is 4.30. The van der Waals surface area contributed by atoms with Gasteiger partial charge < -0.3 is 4.90 Å². The quantitative estimate of drug-likeness (QED) is 0.786. The Morgan fingerprint density at radius 3 is 2.44 bits per heavy atom. The van der Waals surface area contributed by atoms with Gasteiger partial charge in [-0.15, -0.1) is 0 Å². The van der Waals surface area contributed by atoms with Crippen LogP contribution in [-0.2, 0) is 6.42 Å². The van der Waals surface area contributed by atoms with E-state index in [9.17, 15) is 4.79 Å². The predicted octanol–water partition coefficient (Wildman–Crippen LogP) is 3.06. The number of fused-ring (bicyclic) bond motifs is 1. The van der Waals surface area contributed by atoms with Crippen molar-refractivity contribution in [2.24, 2.45) is 0 Å². The van der Waals surface area contributed by atoms with E-state index >= 15 is 0 Å². The fourth-order valence-electron chi connectivity index (χ4n) is 2.50. The molecule has 0 bridgehead atoms. The van der Waals surface area contributed by atoms with Crippen LogP contribution < -0.4 is 0 Å². The van der Waals surface area contributed by atoms with Crippen molar-refractivity contribution in [3.8, 4) is 0 Å². The van der Waals surface area contributed by atoms with E-state index in [0.717, 1.165) is 12.0 Å². The lowest BCUT2D eigenvalue weighted by Crippen LogP contribution is -2.37. The highest BCUT2D eigenvalue weighted by Gasteiger charge is 2.31. The third kappa shape index (κ3) is 1.70. The second-order valence-electron chi connectivity index (χ2n) is 4.70. The van der Waals surface area contributed by atoms with Gasteiger partial charge in [-0.1, -0.05) is 42.5 Å². The van der Waals surface area contributed by atoms with Crippen LogP contribution in [0.3, 0.4) is 0 Å². The van der Waals surface area contributed by atoms with Gasteiger partial charge >= 0.3 is 0 Å². The minimum Gasteiger partial charge on any atom is -0.334 e. The molecule has 0 radical (unpaired) electrons. The number of likely N-dealkylation sites (N-methyl/N-ethyl adjacent to an activating group) is 1. The molecule has 1 aliphatic carbocycles. The zero-order chi connectivity index (χ0) is 12.5. The number of rotatable bonds is 2. The minimum atomic E-state index is 0.0927. The maximum absolute atomic E-state index is 12.3. The molecule has 0 saturated heterocycles. The smallest absolute Gasteiger partial charge is 0.254 e. The van der Waals surface area contributed by atoms with Crippen molar-refractivity contribution >= 4 is 5.91 Å². The molecule has 1 aliphatic rings. The van der Waals surface area contributed by atoms with Gasteiger partial charge in [-0.05, 0) is 29.7 Å². The Labute approximate surface area is 107 Å². The molecule has 0 N–H and O–H groups in total. The Morgan fingerprint density at radius 1 is 1.06 bits per heavy atom. The Hall–Kier alpha value is -2.09. The largest absolute Gasteiger partial charge is 0.334 e. The fraction of sp³-hybridized carbons (Fsp3) is 0.188. The monoisotopic (exact) mass is 237 g/mol. The molecule has 2 heteroatoms. The van der Waals surface area contributed by atoms with Crippen LogP contribution in [0.1, 0.15) is 27.5 Å². The number of benzene rings is 2. The van der Waals surface area contributed by atoms with Crippen molar-refractivity contribution in [1.29, 1.82) is 0 Å². The van der Waals surface area contributed by atoms with Gasteiger partial charge in [0.15, 0.2) is 0 Å². The Bertz CT molecular complexity index is 577. The van der Waals surface area contributed by atoms with Crippen LogP contribution in [0.4, 0.5) is 0 Å². The van der Waals surface area contributed by atoms with Crippen molar-refractivity contribution < 1.29 is 4.79 Å². The molecule has 18 heavy (non-hydrogen) atoms. The van der Waals surface area contributed by atoms with Crippen molar-refractivity contribution in [3.63, 3.8) is 0 Å². The summed E-state index contributed by atoms with van der Waals surface area (Å²) < 4.78 is 0. The van der Waals surface area contributed by atoms with Crippen LogP contribution in [0, 0.1) is 0 Å². The van der Waals surface area contributed by atoms with Crippen molar-refractivity contribution in [1.82, 2.24) is 4.90 Å². The summed E-state index contributed by atoms with van der Waals surface area (Å²) in [6, 6.07) is 18.0. The van der Waals surface area contributed by atoms with E-state index in [2.05, 4.69) is 12.1 Å². The molecule has 3 rings (SSSR count). The van der Waals surface area contributed by atoms with E-state index < -0.39 is 0 Å². The highest BCUT2D eigenvalue weighted by atomic mass is 16.2.